The van der Waals surface area contributed by atoms with E-state index in [0.717, 1.165) is 25.4 Å². The van der Waals surface area contributed by atoms with E-state index in [1.807, 2.05) is 44.2 Å². The van der Waals surface area contributed by atoms with Crippen molar-refractivity contribution < 1.29 is 9.13 Å². The number of benzene rings is 1. The minimum absolute atomic E-state index is 0.184. The van der Waals surface area contributed by atoms with E-state index in [-0.39, 0.29) is 12.6 Å². The lowest BCUT2D eigenvalue weighted by Crippen LogP contribution is -2.49. The third kappa shape index (κ3) is 4.73. The quantitative estimate of drug-likeness (QED) is 0.783. The molecule has 0 unspecified atom stereocenters. The zero-order chi connectivity index (χ0) is 12.5. The molecule has 0 radical (unpaired) electrons. The molecule has 1 aromatic carbocycles. The molecule has 1 saturated heterocycles. The molecule has 1 heterocycles. The van der Waals surface area contributed by atoms with Gasteiger partial charge in [0.1, 0.15) is 12.4 Å². The van der Waals surface area contributed by atoms with E-state index >= 15 is 0 Å². The summed E-state index contributed by atoms with van der Waals surface area (Å²) in [4.78, 5) is 2.22. The first kappa shape index (κ1) is 14.0. The van der Waals surface area contributed by atoms with Crippen molar-refractivity contribution in [3.05, 3.63) is 30.3 Å². The van der Waals surface area contributed by atoms with Crippen LogP contribution in [0.25, 0.3) is 0 Å². The maximum atomic E-state index is 12.1. The molecule has 3 heteroatoms. The van der Waals surface area contributed by atoms with Crippen molar-refractivity contribution in [1.29, 1.82) is 0 Å². The van der Waals surface area contributed by atoms with Gasteiger partial charge in [0.15, 0.2) is 0 Å². The summed E-state index contributed by atoms with van der Waals surface area (Å²) in [6.45, 7) is 7.16. The number of alkyl halides is 1. The number of ether oxygens (including phenoxy) is 1. The third-order valence-corrected chi connectivity index (χ3v) is 2.67. The molecule has 1 fully saturated rings. The molecule has 0 N–H and O–H groups in total. The average Bonchev–Trinajstić information content (AvgIpc) is 2.36. The second kappa shape index (κ2) is 8.07. The van der Waals surface area contributed by atoms with Gasteiger partial charge in [-0.1, -0.05) is 32.0 Å². The summed E-state index contributed by atoms with van der Waals surface area (Å²) in [5.74, 6) is 1.17. The molecule has 0 aliphatic carbocycles. The monoisotopic (exact) mass is 239 g/mol. The Balaban J connectivity index is 0.000000686. The second-order valence-corrected chi connectivity index (χ2v) is 3.94. The fourth-order valence-corrected chi connectivity index (χ4v) is 1.77. The Morgan fingerprint density at radius 2 is 1.88 bits per heavy atom. The first-order valence-corrected chi connectivity index (χ1v) is 6.34. The number of halogens is 1. The molecular formula is C14H22FNO. The second-order valence-electron chi connectivity index (χ2n) is 3.94. The highest BCUT2D eigenvalue weighted by atomic mass is 19.1. The Hall–Kier alpha value is -1.09. The molecule has 1 aliphatic heterocycles. The molecule has 0 spiro atoms. The van der Waals surface area contributed by atoms with E-state index in [2.05, 4.69) is 4.90 Å². The van der Waals surface area contributed by atoms with Crippen molar-refractivity contribution in [3.63, 3.8) is 0 Å². The zero-order valence-corrected chi connectivity index (χ0v) is 10.7. The van der Waals surface area contributed by atoms with Gasteiger partial charge in [-0.2, -0.15) is 0 Å². The fraction of sp³-hybridized carbons (Fsp3) is 0.571. The summed E-state index contributed by atoms with van der Waals surface area (Å²) in [6, 6.07) is 9.77. The van der Waals surface area contributed by atoms with E-state index in [0.29, 0.717) is 6.61 Å². The van der Waals surface area contributed by atoms with Gasteiger partial charge in [0, 0.05) is 25.6 Å². The Morgan fingerprint density at radius 1 is 1.24 bits per heavy atom. The van der Waals surface area contributed by atoms with Crippen LogP contribution in [0.4, 0.5) is 4.39 Å². The van der Waals surface area contributed by atoms with Gasteiger partial charge in [-0.3, -0.25) is 9.29 Å². The molecule has 96 valence electrons. The third-order valence-electron chi connectivity index (χ3n) is 2.67. The van der Waals surface area contributed by atoms with Gasteiger partial charge in [0.05, 0.1) is 6.67 Å². The molecular weight excluding hydrogens is 217 g/mol. The van der Waals surface area contributed by atoms with E-state index in [1.165, 1.54) is 0 Å². The van der Waals surface area contributed by atoms with Crippen molar-refractivity contribution in [2.45, 2.75) is 13.8 Å². The molecule has 0 bridgehead atoms. The molecule has 2 rings (SSSR count). The topological polar surface area (TPSA) is 12.5 Å². The SMILES string of the molecule is CC.FCC1CN(CCOc2ccccc2)C1. The van der Waals surface area contributed by atoms with Crippen LogP contribution >= 0.6 is 0 Å². The fourth-order valence-electron chi connectivity index (χ4n) is 1.77. The predicted octanol–water partition coefficient (Wildman–Crippen LogP) is 2.99. The summed E-state index contributed by atoms with van der Waals surface area (Å²) >= 11 is 0. The van der Waals surface area contributed by atoms with Crippen LogP contribution in [0.15, 0.2) is 30.3 Å². The number of para-hydroxylation sites is 1. The number of rotatable bonds is 5. The lowest BCUT2D eigenvalue weighted by atomic mass is 10.0. The molecule has 0 atom stereocenters. The highest BCUT2D eigenvalue weighted by Crippen LogP contribution is 2.15. The molecule has 0 aromatic heterocycles. The summed E-state index contributed by atoms with van der Waals surface area (Å²) < 4.78 is 17.7. The van der Waals surface area contributed by atoms with Gasteiger partial charge in [0.25, 0.3) is 0 Å². The summed E-state index contributed by atoms with van der Waals surface area (Å²) in [6.07, 6.45) is 0. The molecule has 17 heavy (non-hydrogen) atoms. The number of nitrogens with zero attached hydrogens (tertiary/aromatic N) is 1. The van der Waals surface area contributed by atoms with Gasteiger partial charge >= 0.3 is 0 Å². The lowest BCUT2D eigenvalue weighted by molar-refractivity contribution is 0.0668. The highest BCUT2D eigenvalue weighted by Gasteiger charge is 2.25. The van der Waals surface area contributed by atoms with Crippen molar-refractivity contribution in [1.82, 2.24) is 4.90 Å². The number of hydrogen-bond acceptors (Lipinski definition) is 2. The Morgan fingerprint density at radius 3 is 2.47 bits per heavy atom. The largest absolute Gasteiger partial charge is 0.492 e. The molecule has 1 aliphatic rings. The van der Waals surface area contributed by atoms with Crippen molar-refractivity contribution in [2.24, 2.45) is 5.92 Å². The smallest absolute Gasteiger partial charge is 0.119 e. The van der Waals surface area contributed by atoms with Crippen LogP contribution < -0.4 is 4.74 Å². The lowest BCUT2D eigenvalue weighted by Gasteiger charge is -2.37. The van der Waals surface area contributed by atoms with Crippen LogP contribution in [0.1, 0.15) is 13.8 Å². The first-order chi connectivity index (χ1) is 8.38. The van der Waals surface area contributed by atoms with Crippen molar-refractivity contribution in [3.8, 4) is 5.75 Å². The highest BCUT2D eigenvalue weighted by molar-refractivity contribution is 5.20. The van der Waals surface area contributed by atoms with Crippen LogP contribution in [-0.4, -0.2) is 37.8 Å². The normalized spacial score (nSPS) is 15.7. The van der Waals surface area contributed by atoms with E-state index in [9.17, 15) is 4.39 Å². The maximum absolute atomic E-state index is 12.1. The minimum Gasteiger partial charge on any atom is -0.492 e. The van der Waals surface area contributed by atoms with Crippen LogP contribution in [0.2, 0.25) is 0 Å². The molecule has 0 amide bonds. The van der Waals surface area contributed by atoms with Gasteiger partial charge in [0.2, 0.25) is 0 Å². The molecule has 0 saturated carbocycles. The van der Waals surface area contributed by atoms with Crippen LogP contribution in [0.5, 0.6) is 5.75 Å². The molecule has 1 aromatic rings. The minimum atomic E-state index is -0.184. The Bertz CT molecular complexity index is 286. The van der Waals surface area contributed by atoms with Crippen LogP contribution in [0.3, 0.4) is 0 Å². The first-order valence-electron chi connectivity index (χ1n) is 6.34. The Labute approximate surface area is 103 Å². The van der Waals surface area contributed by atoms with Gasteiger partial charge in [-0.05, 0) is 12.1 Å². The maximum Gasteiger partial charge on any atom is 0.119 e. The van der Waals surface area contributed by atoms with Crippen molar-refractivity contribution >= 4 is 0 Å². The number of hydrogen-bond donors (Lipinski definition) is 0. The zero-order valence-electron chi connectivity index (χ0n) is 10.7. The Kier molecular flexibility index (Phi) is 6.63. The van der Waals surface area contributed by atoms with Crippen molar-refractivity contribution in [2.75, 3.05) is 32.9 Å². The van der Waals surface area contributed by atoms with Gasteiger partial charge < -0.3 is 4.74 Å². The predicted molar refractivity (Wildman–Crippen MR) is 69.2 cm³/mol. The van der Waals surface area contributed by atoms with Gasteiger partial charge in [-0.25, -0.2) is 0 Å². The standard InChI is InChI=1S/C12H16FNO.C2H6/c13-8-11-9-14(10-11)6-7-15-12-4-2-1-3-5-12;1-2/h1-5,11H,6-10H2;1-2H3. The van der Waals surface area contributed by atoms with Crippen LogP contribution in [-0.2, 0) is 0 Å². The number of likely N-dealkylation sites (tertiary alicyclic amines) is 1. The van der Waals surface area contributed by atoms with E-state index in [1.54, 1.807) is 0 Å². The van der Waals surface area contributed by atoms with E-state index in [4.69, 9.17) is 4.74 Å². The summed E-state index contributed by atoms with van der Waals surface area (Å²) in [5, 5.41) is 0. The summed E-state index contributed by atoms with van der Waals surface area (Å²) in [5.41, 5.74) is 0. The van der Waals surface area contributed by atoms with Crippen LogP contribution in [0, 0.1) is 5.92 Å². The van der Waals surface area contributed by atoms with E-state index < -0.39 is 0 Å². The molecule has 2 nitrogen and oxygen atoms in total. The van der Waals surface area contributed by atoms with Gasteiger partial charge in [-0.15, -0.1) is 0 Å². The average molecular weight is 239 g/mol. The summed E-state index contributed by atoms with van der Waals surface area (Å²) in [7, 11) is 0.